The molecule has 1 heterocycles. The number of thiazole rings is 1. The zero-order valence-corrected chi connectivity index (χ0v) is 10.7. The molecule has 1 atom stereocenters. The van der Waals surface area contributed by atoms with E-state index in [-0.39, 0.29) is 0 Å². The number of ether oxygens (including phenoxy) is 2. The molecule has 0 bridgehead atoms. The Balaban J connectivity index is 2.20. The van der Waals surface area contributed by atoms with E-state index in [1.165, 1.54) is 11.3 Å². The summed E-state index contributed by atoms with van der Waals surface area (Å²) in [4.78, 5) is 15.9. The van der Waals surface area contributed by atoms with E-state index in [4.69, 9.17) is 9.47 Å². The fourth-order valence-electron chi connectivity index (χ4n) is 1.47. The largest absolute Gasteiger partial charge is 0.463 e. The van der Waals surface area contributed by atoms with Crippen molar-refractivity contribution in [2.45, 2.75) is 13.0 Å². The van der Waals surface area contributed by atoms with Gasteiger partial charge in [0.25, 0.3) is 5.19 Å². The predicted octanol–water partition coefficient (Wildman–Crippen LogP) is 2.83. The van der Waals surface area contributed by atoms with Gasteiger partial charge in [-0.1, -0.05) is 41.7 Å². The maximum absolute atomic E-state index is 11.9. The molecule has 0 aliphatic carbocycles. The molecule has 4 nitrogen and oxygen atoms in total. The number of hydrogen-bond acceptors (Lipinski definition) is 5. The van der Waals surface area contributed by atoms with Crippen molar-refractivity contribution in [3.05, 3.63) is 47.5 Å². The molecule has 2 rings (SSSR count). The van der Waals surface area contributed by atoms with Gasteiger partial charge in [-0.2, -0.15) is 0 Å². The Morgan fingerprint density at radius 1 is 1.39 bits per heavy atom. The fourth-order valence-corrected chi connectivity index (χ4v) is 1.98. The summed E-state index contributed by atoms with van der Waals surface area (Å²) in [5.41, 5.74) is 0.756. The van der Waals surface area contributed by atoms with Crippen molar-refractivity contribution >= 4 is 17.3 Å². The second kappa shape index (κ2) is 6.16. The van der Waals surface area contributed by atoms with E-state index < -0.39 is 12.1 Å². The zero-order valence-electron chi connectivity index (χ0n) is 9.91. The maximum atomic E-state index is 11.9. The van der Waals surface area contributed by atoms with Gasteiger partial charge in [0.15, 0.2) is 0 Å². The normalized spacial score (nSPS) is 11.8. The van der Waals surface area contributed by atoms with Crippen molar-refractivity contribution in [1.82, 2.24) is 4.98 Å². The molecular formula is C13H13NO3S. The summed E-state index contributed by atoms with van der Waals surface area (Å²) in [6, 6.07) is 9.25. The maximum Gasteiger partial charge on any atom is 0.352 e. The van der Waals surface area contributed by atoms with Gasteiger partial charge >= 0.3 is 5.97 Å². The first-order valence-electron chi connectivity index (χ1n) is 5.59. The van der Waals surface area contributed by atoms with Crippen LogP contribution in [0.4, 0.5) is 0 Å². The molecule has 94 valence electrons. The molecule has 1 aromatic heterocycles. The molecule has 1 unspecified atom stereocenters. The Bertz CT molecular complexity index is 484. The van der Waals surface area contributed by atoms with Crippen molar-refractivity contribution in [2.24, 2.45) is 0 Å². The molecule has 0 aliphatic heterocycles. The van der Waals surface area contributed by atoms with E-state index >= 15 is 0 Å². The number of hydrogen-bond donors (Lipinski definition) is 0. The minimum atomic E-state index is -0.766. The van der Waals surface area contributed by atoms with Crippen LogP contribution in [0.1, 0.15) is 18.6 Å². The monoisotopic (exact) mass is 263 g/mol. The standard InChI is InChI=1S/C13H13NO3S/c1-2-16-12(15)11(10-6-4-3-5-7-10)17-13-14-8-9-18-13/h3-9,11H,2H2,1H3. The van der Waals surface area contributed by atoms with Crippen LogP contribution in [0.25, 0.3) is 0 Å². The number of carbonyl (C=O) groups excluding carboxylic acids is 1. The van der Waals surface area contributed by atoms with Crippen molar-refractivity contribution in [3.8, 4) is 5.19 Å². The Hall–Kier alpha value is -1.88. The Morgan fingerprint density at radius 3 is 2.78 bits per heavy atom. The lowest BCUT2D eigenvalue weighted by atomic mass is 10.1. The van der Waals surface area contributed by atoms with E-state index in [2.05, 4.69) is 4.98 Å². The molecule has 5 heteroatoms. The molecule has 0 saturated carbocycles. The third-order valence-electron chi connectivity index (χ3n) is 2.23. The molecule has 0 fully saturated rings. The van der Waals surface area contributed by atoms with Crippen LogP contribution in [0, 0.1) is 0 Å². The molecule has 0 aliphatic rings. The number of rotatable bonds is 5. The second-order valence-electron chi connectivity index (χ2n) is 3.46. The van der Waals surface area contributed by atoms with Crippen LogP contribution in [0.2, 0.25) is 0 Å². The Morgan fingerprint density at radius 2 is 2.17 bits per heavy atom. The molecule has 1 aromatic carbocycles. The minimum Gasteiger partial charge on any atom is -0.463 e. The first kappa shape index (κ1) is 12.6. The predicted molar refractivity (Wildman–Crippen MR) is 68.6 cm³/mol. The van der Waals surface area contributed by atoms with Crippen LogP contribution < -0.4 is 4.74 Å². The lowest BCUT2D eigenvalue weighted by molar-refractivity contribution is -0.151. The van der Waals surface area contributed by atoms with Gasteiger partial charge in [0, 0.05) is 17.1 Å². The van der Waals surface area contributed by atoms with Gasteiger partial charge in [0.05, 0.1) is 6.61 Å². The molecule has 0 radical (unpaired) electrons. The van der Waals surface area contributed by atoms with Crippen molar-refractivity contribution in [1.29, 1.82) is 0 Å². The smallest absolute Gasteiger partial charge is 0.352 e. The molecule has 0 saturated heterocycles. The van der Waals surface area contributed by atoms with Crippen LogP contribution in [0.15, 0.2) is 41.9 Å². The third-order valence-corrected chi connectivity index (χ3v) is 2.89. The van der Waals surface area contributed by atoms with Crippen molar-refractivity contribution < 1.29 is 14.3 Å². The Labute approximate surface area is 109 Å². The lowest BCUT2D eigenvalue weighted by Gasteiger charge is -2.15. The van der Waals surface area contributed by atoms with Gasteiger partial charge in [0.1, 0.15) is 0 Å². The summed E-state index contributed by atoms with van der Waals surface area (Å²) in [6.45, 7) is 2.09. The first-order valence-corrected chi connectivity index (χ1v) is 6.47. The van der Waals surface area contributed by atoms with Crippen molar-refractivity contribution in [2.75, 3.05) is 6.61 Å². The molecule has 0 N–H and O–H groups in total. The van der Waals surface area contributed by atoms with Gasteiger partial charge in [-0.3, -0.25) is 0 Å². The average molecular weight is 263 g/mol. The third kappa shape index (κ3) is 3.07. The molecule has 0 amide bonds. The van der Waals surface area contributed by atoms with Gasteiger partial charge in [-0.15, -0.1) is 0 Å². The van der Waals surface area contributed by atoms with E-state index in [1.54, 1.807) is 18.5 Å². The quantitative estimate of drug-likeness (QED) is 0.778. The second-order valence-corrected chi connectivity index (χ2v) is 4.32. The van der Waals surface area contributed by atoms with Gasteiger partial charge in [-0.05, 0) is 6.92 Å². The van der Waals surface area contributed by atoms with Gasteiger partial charge in [-0.25, -0.2) is 9.78 Å². The van der Waals surface area contributed by atoms with Crippen LogP contribution >= 0.6 is 11.3 Å². The van der Waals surface area contributed by atoms with E-state index in [0.29, 0.717) is 11.8 Å². The number of carbonyl (C=O) groups is 1. The first-order chi connectivity index (χ1) is 8.81. The van der Waals surface area contributed by atoms with Crippen LogP contribution in [0.3, 0.4) is 0 Å². The van der Waals surface area contributed by atoms with Crippen LogP contribution in [-0.4, -0.2) is 17.6 Å². The molecule has 2 aromatic rings. The molecule has 0 spiro atoms. The molecular weight excluding hydrogens is 250 g/mol. The number of aromatic nitrogens is 1. The molecule has 18 heavy (non-hydrogen) atoms. The van der Waals surface area contributed by atoms with Crippen molar-refractivity contribution in [3.63, 3.8) is 0 Å². The summed E-state index contributed by atoms with van der Waals surface area (Å²) in [5, 5.41) is 2.25. The minimum absolute atomic E-state index is 0.323. The summed E-state index contributed by atoms with van der Waals surface area (Å²) in [7, 11) is 0. The topological polar surface area (TPSA) is 48.4 Å². The number of benzene rings is 1. The lowest BCUT2D eigenvalue weighted by Crippen LogP contribution is -2.21. The highest BCUT2D eigenvalue weighted by atomic mass is 32.1. The average Bonchev–Trinajstić information content (AvgIpc) is 2.90. The number of nitrogens with zero attached hydrogens (tertiary/aromatic N) is 1. The highest BCUT2D eigenvalue weighted by Gasteiger charge is 2.24. The summed E-state index contributed by atoms with van der Waals surface area (Å²) >= 11 is 1.34. The van der Waals surface area contributed by atoms with Gasteiger partial charge in [0.2, 0.25) is 6.10 Å². The van der Waals surface area contributed by atoms with E-state index in [1.807, 2.05) is 30.3 Å². The summed E-state index contributed by atoms with van der Waals surface area (Å²) < 4.78 is 10.6. The highest BCUT2D eigenvalue weighted by molar-refractivity contribution is 7.11. The number of esters is 1. The van der Waals surface area contributed by atoms with E-state index in [0.717, 1.165) is 5.56 Å². The van der Waals surface area contributed by atoms with Gasteiger partial charge < -0.3 is 9.47 Å². The zero-order chi connectivity index (χ0) is 12.8. The SMILES string of the molecule is CCOC(=O)C(Oc1nccs1)c1ccccc1. The van der Waals surface area contributed by atoms with E-state index in [9.17, 15) is 4.79 Å². The summed E-state index contributed by atoms with van der Waals surface area (Å²) in [5.74, 6) is -0.404. The van der Waals surface area contributed by atoms with Crippen LogP contribution in [-0.2, 0) is 9.53 Å². The fraction of sp³-hybridized carbons (Fsp3) is 0.231. The highest BCUT2D eigenvalue weighted by Crippen LogP contribution is 2.24. The van der Waals surface area contributed by atoms with Crippen LogP contribution in [0.5, 0.6) is 5.19 Å². The summed E-state index contributed by atoms with van der Waals surface area (Å²) in [6.07, 6.45) is 0.866. The Kier molecular flexibility index (Phi) is 4.30.